The van der Waals surface area contributed by atoms with Crippen molar-refractivity contribution in [1.29, 1.82) is 0 Å². The topological polar surface area (TPSA) is 53.0 Å². The maximum Gasteiger partial charge on any atom is 2.00 e. The van der Waals surface area contributed by atoms with Crippen LogP contribution in [0.15, 0.2) is 252 Å². The Hall–Kier alpha value is -4.97. The molecule has 3 fully saturated rings. The summed E-state index contributed by atoms with van der Waals surface area (Å²) in [6, 6.07) is 84.7. The fourth-order valence-electron chi connectivity index (χ4n) is 10.9. The number of aldehydes is 1. The summed E-state index contributed by atoms with van der Waals surface area (Å²) in [6.45, 7) is 3.85. The Kier molecular flexibility index (Phi) is 23.6. The van der Waals surface area contributed by atoms with Crippen LogP contribution in [0.1, 0.15) is 74.8 Å². The van der Waals surface area contributed by atoms with Gasteiger partial charge in [-0.2, -0.15) is 0 Å². The molecule has 0 radical (unpaired) electrons. The average molecular weight is 1060 g/mol. The van der Waals surface area contributed by atoms with Gasteiger partial charge in [0.25, 0.3) is 0 Å². The van der Waals surface area contributed by atoms with Gasteiger partial charge in [-0.25, -0.2) is 0 Å². The van der Waals surface area contributed by atoms with Gasteiger partial charge in [0.1, 0.15) is 6.29 Å². The second-order valence-electron chi connectivity index (χ2n) is 18.6. The molecule has 5 nitrogen and oxygen atoms in total. The monoisotopic (exact) mass is 1060 g/mol. The van der Waals surface area contributed by atoms with E-state index < -0.39 is 17.2 Å². The van der Waals surface area contributed by atoms with Gasteiger partial charge in [0, 0.05) is 47.9 Å². The Morgan fingerprint density at radius 2 is 0.813 bits per heavy atom. The third-order valence-corrected chi connectivity index (χ3v) is 16.3. The SMILES string of the molecule is C1CCOC1.ClCSc1ccccc1.O=CC1CCCN1C(c1ccccc1)(c1ccccc1)c1ccccc1.O[C@H](CSc1ccccc1)[C@@H]1CCCN1C(c1ccccc1)(c1ccccc1)c1ccccc1.[H-].[H-].[Mg+2]. The molecule has 1 N–H and O–H groups in total. The molecule has 3 aliphatic heterocycles. The number of aliphatic hydroxyl groups is 1. The number of carbonyl (C=O) groups excluding carboxylic acids is 1. The number of alkyl halides is 1. The second-order valence-corrected chi connectivity index (χ2v) is 21.4. The molecule has 384 valence electrons. The number of nitrogens with zero attached hydrogens (tertiary/aromatic N) is 2. The smallest absolute Gasteiger partial charge is 1.00 e. The van der Waals surface area contributed by atoms with E-state index in [1.165, 1.54) is 56.0 Å². The minimum atomic E-state index is -0.469. The van der Waals surface area contributed by atoms with Crippen molar-refractivity contribution in [2.24, 2.45) is 0 Å². The van der Waals surface area contributed by atoms with Crippen molar-refractivity contribution in [3.05, 3.63) is 276 Å². The van der Waals surface area contributed by atoms with E-state index in [-0.39, 0.29) is 38.0 Å². The molecule has 0 saturated carbocycles. The number of hydrogen-bond donors (Lipinski definition) is 1. The molecule has 0 aliphatic carbocycles. The van der Waals surface area contributed by atoms with Crippen molar-refractivity contribution < 1.29 is 17.5 Å². The zero-order chi connectivity index (χ0) is 51.1. The Morgan fingerprint density at radius 3 is 1.15 bits per heavy atom. The molecule has 3 atom stereocenters. The Bertz CT molecular complexity index is 2600. The number of likely N-dealkylation sites (tertiary alicyclic amines) is 2. The van der Waals surface area contributed by atoms with Gasteiger partial charge in [0.05, 0.1) is 28.4 Å². The van der Waals surface area contributed by atoms with E-state index in [1.54, 1.807) is 23.5 Å². The zero-order valence-corrected chi connectivity index (χ0v) is 46.8. The van der Waals surface area contributed by atoms with Crippen LogP contribution in [0, 0.1) is 0 Å². The normalized spacial score (nSPS) is 16.9. The third-order valence-electron chi connectivity index (χ3n) is 14.2. The first-order chi connectivity index (χ1) is 36.6. The van der Waals surface area contributed by atoms with Crippen LogP contribution in [0.5, 0.6) is 0 Å². The molecule has 0 amide bonds. The molecule has 0 bridgehead atoms. The maximum absolute atomic E-state index is 11.9. The fraction of sp³-hybridized carbons (Fsp3) is 0.258. The Labute approximate surface area is 479 Å². The molecule has 8 aromatic carbocycles. The van der Waals surface area contributed by atoms with Crippen molar-refractivity contribution >= 4 is 64.5 Å². The van der Waals surface area contributed by atoms with Gasteiger partial charge >= 0.3 is 23.1 Å². The average Bonchev–Trinajstić information content (AvgIpc) is 4.34. The van der Waals surface area contributed by atoms with Gasteiger partial charge in [-0.1, -0.05) is 218 Å². The summed E-state index contributed by atoms with van der Waals surface area (Å²) in [5.74, 6) is 0.680. The standard InChI is InChI=1S/C31H31NOS.C24H23NO.C7H7ClS.C4H8O.Mg.2H/c33-30(24-34-28-20-11-4-12-21-28)29-22-13-23-32(29)31(25-14-5-1-6-15-25,26-16-7-2-8-17-26)27-18-9-3-10-19-27;26-19-23-17-10-18-25(23)24(20-11-4-1-5-12-20,21-13-6-2-7-14-21)22-15-8-3-9-16-22;8-6-9-7-4-2-1-3-5-7;1-2-4-5-3-1;;;/h1-12,14-21,29-30,33H,13,22-24H2;1-9,11-16,19,23H,10,17-18H2;1-5H,6H2;1-4H2;;;/q;;;;+2;2*-1/t29-,30+;;;;;;/m0....../s1. The summed E-state index contributed by atoms with van der Waals surface area (Å²) < 4.78 is 4.94. The summed E-state index contributed by atoms with van der Waals surface area (Å²) in [6.07, 6.45) is 7.27. The van der Waals surface area contributed by atoms with Crippen molar-refractivity contribution in [2.75, 3.05) is 37.3 Å². The van der Waals surface area contributed by atoms with Gasteiger partial charge in [0.15, 0.2) is 0 Å². The number of rotatable bonds is 15. The summed E-state index contributed by atoms with van der Waals surface area (Å²) in [5.41, 5.74) is 6.38. The largest absolute Gasteiger partial charge is 2.00 e. The van der Waals surface area contributed by atoms with Gasteiger partial charge in [-0.3, -0.25) is 9.80 Å². The molecular weight excluding hydrogens is 993 g/mol. The van der Waals surface area contributed by atoms with E-state index in [0.717, 1.165) is 58.3 Å². The molecule has 0 spiro atoms. The first kappa shape index (κ1) is 57.7. The van der Waals surface area contributed by atoms with E-state index in [0.29, 0.717) is 11.0 Å². The van der Waals surface area contributed by atoms with Gasteiger partial charge in [-0.15, -0.1) is 35.1 Å². The zero-order valence-electron chi connectivity index (χ0n) is 44.9. The van der Waals surface area contributed by atoms with Crippen LogP contribution in [-0.4, -0.2) is 99.7 Å². The minimum Gasteiger partial charge on any atom is -1.00 e. The van der Waals surface area contributed by atoms with E-state index in [1.807, 2.05) is 54.6 Å². The predicted octanol–water partition coefficient (Wildman–Crippen LogP) is 14.9. The molecule has 75 heavy (non-hydrogen) atoms. The third kappa shape index (κ3) is 14.5. The van der Waals surface area contributed by atoms with Gasteiger partial charge in [-0.05, 0) is 96.2 Å². The summed E-state index contributed by atoms with van der Waals surface area (Å²) >= 11 is 8.88. The van der Waals surface area contributed by atoms with E-state index in [2.05, 4.69) is 198 Å². The number of benzene rings is 8. The molecule has 9 heteroatoms. The molecule has 11 rings (SSSR count). The predicted molar refractivity (Wildman–Crippen MR) is 318 cm³/mol. The second kappa shape index (κ2) is 30.7. The number of carbonyl (C=O) groups is 1. The summed E-state index contributed by atoms with van der Waals surface area (Å²) in [5, 5.41) is 12.2. The van der Waals surface area contributed by atoms with Crippen LogP contribution in [-0.2, 0) is 20.6 Å². The van der Waals surface area contributed by atoms with Crippen LogP contribution in [0.2, 0.25) is 0 Å². The van der Waals surface area contributed by atoms with Crippen LogP contribution >= 0.6 is 35.1 Å². The van der Waals surface area contributed by atoms with Crippen LogP contribution in [0.25, 0.3) is 0 Å². The fourth-order valence-corrected chi connectivity index (χ4v) is 12.7. The number of ether oxygens (including phenoxy) is 1. The molecule has 8 aromatic rings. The van der Waals surface area contributed by atoms with Crippen molar-refractivity contribution in [3.63, 3.8) is 0 Å². The number of hydrogen-bond acceptors (Lipinski definition) is 7. The van der Waals surface area contributed by atoms with Crippen LogP contribution in [0.3, 0.4) is 0 Å². The van der Waals surface area contributed by atoms with E-state index in [9.17, 15) is 9.90 Å². The number of thioether (sulfide) groups is 2. The molecular formula is C66H71ClMgN2O3S2. The minimum absolute atomic E-state index is 0. The summed E-state index contributed by atoms with van der Waals surface area (Å²) in [7, 11) is 0. The summed E-state index contributed by atoms with van der Waals surface area (Å²) in [4.78, 5) is 19.3. The Morgan fingerprint density at radius 1 is 0.493 bits per heavy atom. The van der Waals surface area contributed by atoms with Crippen molar-refractivity contribution in [2.45, 2.75) is 77.6 Å². The molecule has 3 heterocycles. The quantitative estimate of drug-likeness (QED) is 0.0361. The van der Waals surface area contributed by atoms with E-state index >= 15 is 0 Å². The molecule has 0 aromatic heterocycles. The van der Waals surface area contributed by atoms with Crippen LogP contribution in [0.4, 0.5) is 0 Å². The Balaban J connectivity index is 0.000000223. The molecule has 3 aliphatic rings. The number of aliphatic hydroxyl groups excluding tert-OH is 1. The maximum atomic E-state index is 11.9. The number of halogens is 1. The van der Waals surface area contributed by atoms with Crippen molar-refractivity contribution in [3.8, 4) is 0 Å². The molecule has 3 saturated heterocycles. The molecule has 1 unspecified atom stereocenters. The van der Waals surface area contributed by atoms with Gasteiger partial charge < -0.3 is 17.5 Å². The first-order valence-electron chi connectivity index (χ1n) is 26.1. The van der Waals surface area contributed by atoms with Crippen molar-refractivity contribution in [1.82, 2.24) is 9.80 Å². The van der Waals surface area contributed by atoms with Crippen LogP contribution < -0.4 is 0 Å². The van der Waals surface area contributed by atoms with E-state index in [4.69, 9.17) is 16.3 Å². The first-order valence-corrected chi connectivity index (χ1v) is 28.6. The van der Waals surface area contributed by atoms with Gasteiger partial charge in [0.2, 0.25) is 0 Å².